The molecule has 1 aliphatic heterocycles. The molecule has 0 bridgehead atoms. The van der Waals surface area contributed by atoms with Crippen LogP contribution in [0.5, 0.6) is 11.5 Å². The highest BCUT2D eigenvalue weighted by Crippen LogP contribution is 2.35. The SMILES string of the molecule is CCCN(CC(=O)N1CCc2sccc2[C@H]1COc1ccccc1OC)C(=O)Nc1cccc(Cl)c1. The third kappa shape index (κ3) is 6.12. The highest BCUT2D eigenvalue weighted by atomic mass is 35.5. The Morgan fingerprint density at radius 2 is 1.97 bits per heavy atom. The smallest absolute Gasteiger partial charge is 0.322 e. The lowest BCUT2D eigenvalue weighted by Crippen LogP contribution is -2.48. The second-order valence-corrected chi connectivity index (χ2v) is 9.91. The van der Waals surface area contributed by atoms with Gasteiger partial charge in [-0.05, 0) is 60.2 Å². The largest absolute Gasteiger partial charge is 0.493 e. The average molecular weight is 528 g/mol. The predicted molar refractivity (Wildman–Crippen MR) is 143 cm³/mol. The fourth-order valence-corrected chi connectivity index (χ4v) is 5.45. The number of carbonyl (C=O) groups is 2. The Hall–Kier alpha value is -3.23. The normalized spacial score (nSPS) is 14.6. The van der Waals surface area contributed by atoms with E-state index in [1.54, 1.807) is 47.6 Å². The number of amides is 3. The first kappa shape index (κ1) is 25.9. The molecule has 0 saturated heterocycles. The lowest BCUT2D eigenvalue weighted by atomic mass is 10.0. The van der Waals surface area contributed by atoms with Crippen LogP contribution in [-0.4, -0.2) is 55.1 Å². The highest BCUT2D eigenvalue weighted by Gasteiger charge is 2.33. The Labute approximate surface area is 220 Å². The van der Waals surface area contributed by atoms with Crippen molar-refractivity contribution in [3.63, 3.8) is 0 Å². The Morgan fingerprint density at radius 3 is 2.72 bits per heavy atom. The average Bonchev–Trinajstić information content (AvgIpc) is 3.36. The summed E-state index contributed by atoms with van der Waals surface area (Å²) in [6.45, 7) is 3.27. The number of benzene rings is 2. The molecule has 2 aromatic carbocycles. The minimum Gasteiger partial charge on any atom is -0.493 e. The van der Waals surface area contributed by atoms with Crippen LogP contribution in [0.3, 0.4) is 0 Å². The second-order valence-electron chi connectivity index (χ2n) is 8.48. The van der Waals surface area contributed by atoms with Crippen molar-refractivity contribution in [2.75, 3.05) is 38.7 Å². The fourth-order valence-electron chi connectivity index (χ4n) is 4.33. The molecule has 2 heterocycles. The van der Waals surface area contributed by atoms with E-state index in [1.165, 1.54) is 4.88 Å². The maximum atomic E-state index is 13.6. The molecular weight excluding hydrogens is 498 g/mol. The van der Waals surface area contributed by atoms with Crippen LogP contribution in [0.1, 0.15) is 29.8 Å². The standard InChI is InChI=1S/C27H30ClN3O4S/c1-3-13-30(27(33)29-20-8-6-7-19(28)16-20)17-26(32)31-14-11-25-21(12-15-36-25)22(31)18-35-24-10-5-4-9-23(24)34-2/h4-10,12,15-16,22H,3,11,13-14,17-18H2,1-2H3,(H,29,33)/t22-/m1/s1. The van der Waals surface area contributed by atoms with Crippen LogP contribution >= 0.6 is 22.9 Å². The number of fused-ring (bicyclic) bond motifs is 1. The van der Waals surface area contributed by atoms with Crippen molar-refractivity contribution < 1.29 is 19.1 Å². The van der Waals surface area contributed by atoms with E-state index in [4.69, 9.17) is 21.1 Å². The highest BCUT2D eigenvalue weighted by molar-refractivity contribution is 7.10. The van der Waals surface area contributed by atoms with Crippen LogP contribution < -0.4 is 14.8 Å². The number of methoxy groups -OCH3 is 1. The molecule has 3 aromatic rings. The van der Waals surface area contributed by atoms with Crippen molar-refractivity contribution in [3.8, 4) is 11.5 Å². The Kier molecular flexibility index (Phi) is 8.72. The van der Waals surface area contributed by atoms with Crippen LogP contribution in [0.25, 0.3) is 0 Å². The third-order valence-electron chi connectivity index (χ3n) is 6.06. The van der Waals surface area contributed by atoms with E-state index in [0.29, 0.717) is 41.9 Å². The van der Waals surface area contributed by atoms with Crippen LogP contribution in [0, 0.1) is 0 Å². The van der Waals surface area contributed by atoms with Gasteiger partial charge in [-0.15, -0.1) is 11.3 Å². The molecule has 9 heteroatoms. The number of halogens is 1. The number of nitrogens with one attached hydrogen (secondary N) is 1. The number of para-hydroxylation sites is 2. The van der Waals surface area contributed by atoms with Gasteiger partial charge >= 0.3 is 6.03 Å². The summed E-state index contributed by atoms with van der Waals surface area (Å²) in [7, 11) is 1.60. The quantitative estimate of drug-likeness (QED) is 0.378. The first-order chi connectivity index (χ1) is 17.5. The maximum Gasteiger partial charge on any atom is 0.322 e. The van der Waals surface area contributed by atoms with Gasteiger partial charge < -0.3 is 24.6 Å². The summed E-state index contributed by atoms with van der Waals surface area (Å²) < 4.78 is 11.6. The van der Waals surface area contributed by atoms with Gasteiger partial charge in [-0.25, -0.2) is 4.79 Å². The van der Waals surface area contributed by atoms with Gasteiger partial charge in [0.1, 0.15) is 13.2 Å². The topological polar surface area (TPSA) is 71.1 Å². The van der Waals surface area contributed by atoms with Crippen LogP contribution in [0.2, 0.25) is 5.02 Å². The molecule has 0 radical (unpaired) electrons. The van der Waals surface area contributed by atoms with E-state index in [0.717, 1.165) is 18.4 Å². The maximum absolute atomic E-state index is 13.6. The molecule has 7 nitrogen and oxygen atoms in total. The number of rotatable bonds is 9. The molecule has 36 heavy (non-hydrogen) atoms. The van der Waals surface area contributed by atoms with Gasteiger partial charge in [-0.2, -0.15) is 0 Å². The number of hydrogen-bond acceptors (Lipinski definition) is 5. The summed E-state index contributed by atoms with van der Waals surface area (Å²) in [6.07, 6.45) is 1.51. The monoisotopic (exact) mass is 527 g/mol. The molecule has 0 saturated carbocycles. The van der Waals surface area contributed by atoms with Gasteiger partial charge in [0.2, 0.25) is 5.91 Å². The van der Waals surface area contributed by atoms with Gasteiger partial charge in [-0.3, -0.25) is 4.79 Å². The number of ether oxygens (including phenoxy) is 2. The number of urea groups is 1. The zero-order valence-electron chi connectivity index (χ0n) is 20.4. The number of hydrogen-bond donors (Lipinski definition) is 1. The predicted octanol–water partition coefficient (Wildman–Crippen LogP) is 5.86. The summed E-state index contributed by atoms with van der Waals surface area (Å²) in [6, 6.07) is 15.9. The van der Waals surface area contributed by atoms with E-state index in [9.17, 15) is 9.59 Å². The van der Waals surface area contributed by atoms with Crippen molar-refractivity contribution >= 4 is 40.6 Å². The number of nitrogens with zero attached hydrogens (tertiary/aromatic N) is 2. The molecule has 3 amide bonds. The van der Waals surface area contributed by atoms with Crippen molar-refractivity contribution in [1.82, 2.24) is 9.80 Å². The number of anilines is 1. The lowest BCUT2D eigenvalue weighted by Gasteiger charge is -2.37. The Bertz CT molecular complexity index is 1200. The fraction of sp³-hybridized carbons (Fsp3) is 0.333. The van der Waals surface area contributed by atoms with E-state index in [2.05, 4.69) is 16.8 Å². The van der Waals surface area contributed by atoms with E-state index < -0.39 is 0 Å². The second kappa shape index (κ2) is 12.1. The molecule has 0 spiro atoms. The molecule has 0 aliphatic carbocycles. The molecule has 1 aromatic heterocycles. The summed E-state index contributed by atoms with van der Waals surface area (Å²) in [5, 5.41) is 5.44. The molecule has 1 N–H and O–H groups in total. The summed E-state index contributed by atoms with van der Waals surface area (Å²) in [5.74, 6) is 1.15. The zero-order valence-corrected chi connectivity index (χ0v) is 22.0. The summed E-state index contributed by atoms with van der Waals surface area (Å²) in [5.41, 5.74) is 1.69. The van der Waals surface area contributed by atoms with E-state index in [-0.39, 0.29) is 24.5 Å². The van der Waals surface area contributed by atoms with Crippen LogP contribution in [0.4, 0.5) is 10.5 Å². The molecule has 1 aliphatic rings. The molecular formula is C27H30ClN3O4S. The van der Waals surface area contributed by atoms with Crippen molar-refractivity contribution in [1.29, 1.82) is 0 Å². The summed E-state index contributed by atoms with van der Waals surface area (Å²) >= 11 is 7.75. The minimum atomic E-state index is -0.331. The van der Waals surface area contributed by atoms with Gasteiger partial charge in [0.05, 0.1) is 13.2 Å². The lowest BCUT2D eigenvalue weighted by molar-refractivity contribution is -0.135. The van der Waals surface area contributed by atoms with Gasteiger partial charge in [-0.1, -0.05) is 36.7 Å². The van der Waals surface area contributed by atoms with Crippen LogP contribution in [-0.2, 0) is 11.2 Å². The van der Waals surface area contributed by atoms with Crippen molar-refractivity contribution in [2.24, 2.45) is 0 Å². The van der Waals surface area contributed by atoms with E-state index >= 15 is 0 Å². The van der Waals surface area contributed by atoms with Crippen molar-refractivity contribution in [2.45, 2.75) is 25.8 Å². The van der Waals surface area contributed by atoms with Crippen LogP contribution in [0.15, 0.2) is 60.0 Å². The first-order valence-electron chi connectivity index (χ1n) is 11.9. The molecule has 1 atom stereocenters. The Balaban J connectivity index is 1.49. The minimum absolute atomic E-state index is 0.0229. The van der Waals surface area contributed by atoms with Gasteiger partial charge in [0, 0.05) is 28.7 Å². The van der Waals surface area contributed by atoms with Gasteiger partial charge in [0.25, 0.3) is 0 Å². The molecule has 190 valence electrons. The number of thiophene rings is 1. The first-order valence-corrected chi connectivity index (χ1v) is 13.2. The number of carbonyl (C=O) groups excluding carboxylic acids is 2. The molecule has 0 fully saturated rings. The zero-order chi connectivity index (χ0) is 25.5. The van der Waals surface area contributed by atoms with Crippen molar-refractivity contribution in [3.05, 3.63) is 75.4 Å². The third-order valence-corrected chi connectivity index (χ3v) is 7.30. The Morgan fingerprint density at radius 1 is 1.17 bits per heavy atom. The van der Waals surface area contributed by atoms with Gasteiger partial charge in [0.15, 0.2) is 11.5 Å². The summed E-state index contributed by atoms with van der Waals surface area (Å²) in [4.78, 5) is 31.2. The molecule has 0 unspecified atom stereocenters. The molecule has 4 rings (SSSR count). The van der Waals surface area contributed by atoms with E-state index in [1.807, 2.05) is 36.1 Å².